The molecule has 0 aliphatic heterocycles. The zero-order valence-corrected chi connectivity index (χ0v) is 13.7. The van der Waals surface area contributed by atoms with E-state index in [0.29, 0.717) is 17.3 Å². The van der Waals surface area contributed by atoms with Crippen molar-refractivity contribution < 1.29 is 4.79 Å². The van der Waals surface area contributed by atoms with E-state index in [9.17, 15) is 9.59 Å². The van der Waals surface area contributed by atoms with Gasteiger partial charge < -0.3 is 10.2 Å². The van der Waals surface area contributed by atoms with Crippen LogP contribution in [0.4, 0.5) is 5.95 Å². The number of amides is 1. The zero-order chi connectivity index (χ0) is 17.0. The van der Waals surface area contributed by atoms with Crippen molar-refractivity contribution in [3.05, 3.63) is 45.9 Å². The highest BCUT2D eigenvalue weighted by Crippen LogP contribution is 2.07. The number of hydrogen-bond acceptors (Lipinski definition) is 6. The van der Waals surface area contributed by atoms with Crippen LogP contribution in [0, 0.1) is 13.8 Å². The fraction of sp³-hybridized carbons (Fsp3) is 0.400. The number of aromatic nitrogens is 4. The normalized spacial score (nSPS) is 10.4. The van der Waals surface area contributed by atoms with E-state index in [0.717, 1.165) is 5.69 Å². The quantitative estimate of drug-likeness (QED) is 0.837. The number of hydrogen-bond donors (Lipinski definition) is 1. The maximum atomic E-state index is 12.0. The third kappa shape index (κ3) is 4.60. The Morgan fingerprint density at radius 1 is 1.22 bits per heavy atom. The molecular formula is C15H20N6O2. The molecule has 8 heteroatoms. The first-order valence-corrected chi connectivity index (χ1v) is 7.17. The Morgan fingerprint density at radius 3 is 2.61 bits per heavy atom. The molecule has 2 aromatic rings. The van der Waals surface area contributed by atoms with E-state index in [1.165, 1.54) is 17.0 Å². The summed E-state index contributed by atoms with van der Waals surface area (Å²) in [6.07, 6.45) is 1.37. The van der Waals surface area contributed by atoms with Crippen LogP contribution in [0.1, 0.15) is 17.1 Å². The molecule has 2 aromatic heterocycles. The SMILES string of the molecule is Cc1cc(=O)n(CC(=O)NCc2cc(C)nc(N(C)C)n2)cn1. The van der Waals surface area contributed by atoms with Crippen LogP contribution in [-0.2, 0) is 17.9 Å². The molecule has 0 fully saturated rings. The van der Waals surface area contributed by atoms with Crippen LogP contribution in [0.2, 0.25) is 0 Å². The van der Waals surface area contributed by atoms with E-state index < -0.39 is 0 Å². The number of nitrogens with one attached hydrogen (secondary N) is 1. The number of rotatable bonds is 5. The van der Waals surface area contributed by atoms with Gasteiger partial charge in [-0.15, -0.1) is 0 Å². The topological polar surface area (TPSA) is 93.0 Å². The summed E-state index contributed by atoms with van der Waals surface area (Å²) in [5.41, 5.74) is 1.91. The maximum absolute atomic E-state index is 12.0. The predicted molar refractivity (Wildman–Crippen MR) is 86.2 cm³/mol. The molecule has 0 aromatic carbocycles. The molecule has 2 heterocycles. The smallest absolute Gasteiger partial charge is 0.253 e. The Kier molecular flexibility index (Phi) is 5.05. The van der Waals surface area contributed by atoms with Crippen LogP contribution in [0.25, 0.3) is 0 Å². The molecule has 0 unspecified atom stereocenters. The lowest BCUT2D eigenvalue weighted by Crippen LogP contribution is -2.32. The van der Waals surface area contributed by atoms with Crippen molar-refractivity contribution in [1.29, 1.82) is 0 Å². The van der Waals surface area contributed by atoms with Gasteiger partial charge in [-0.3, -0.25) is 14.2 Å². The summed E-state index contributed by atoms with van der Waals surface area (Å²) in [5, 5.41) is 2.75. The number of carbonyl (C=O) groups excluding carboxylic acids is 1. The summed E-state index contributed by atoms with van der Waals surface area (Å²) in [6, 6.07) is 3.21. The minimum absolute atomic E-state index is 0.0727. The van der Waals surface area contributed by atoms with Crippen LogP contribution in [-0.4, -0.2) is 39.5 Å². The van der Waals surface area contributed by atoms with Gasteiger partial charge in [0.2, 0.25) is 11.9 Å². The van der Waals surface area contributed by atoms with E-state index >= 15 is 0 Å². The molecular weight excluding hydrogens is 296 g/mol. The van der Waals surface area contributed by atoms with Gasteiger partial charge >= 0.3 is 0 Å². The third-order valence-electron chi connectivity index (χ3n) is 3.09. The summed E-state index contributed by atoms with van der Waals surface area (Å²) in [7, 11) is 3.71. The number of carbonyl (C=O) groups is 1. The van der Waals surface area contributed by atoms with E-state index in [-0.39, 0.29) is 24.6 Å². The minimum atomic E-state index is -0.277. The highest BCUT2D eigenvalue weighted by molar-refractivity contribution is 5.75. The summed E-state index contributed by atoms with van der Waals surface area (Å²) < 4.78 is 1.26. The summed E-state index contributed by atoms with van der Waals surface area (Å²) in [6.45, 7) is 3.80. The summed E-state index contributed by atoms with van der Waals surface area (Å²) in [4.78, 5) is 38.2. The highest BCUT2D eigenvalue weighted by Gasteiger charge is 2.08. The van der Waals surface area contributed by atoms with Crippen molar-refractivity contribution in [3.63, 3.8) is 0 Å². The van der Waals surface area contributed by atoms with Gasteiger partial charge in [0.05, 0.1) is 18.6 Å². The molecule has 122 valence electrons. The van der Waals surface area contributed by atoms with Crippen molar-refractivity contribution in [2.24, 2.45) is 0 Å². The van der Waals surface area contributed by atoms with Gasteiger partial charge in [-0.2, -0.15) is 0 Å². The molecule has 8 nitrogen and oxygen atoms in total. The second-order valence-corrected chi connectivity index (χ2v) is 5.47. The van der Waals surface area contributed by atoms with E-state index in [1.54, 1.807) is 11.8 Å². The monoisotopic (exact) mass is 316 g/mol. The minimum Gasteiger partial charge on any atom is -0.349 e. The van der Waals surface area contributed by atoms with Gasteiger partial charge in [0, 0.05) is 31.5 Å². The largest absolute Gasteiger partial charge is 0.349 e. The third-order valence-corrected chi connectivity index (χ3v) is 3.09. The van der Waals surface area contributed by atoms with Gasteiger partial charge in [0.25, 0.3) is 5.56 Å². The molecule has 2 rings (SSSR count). The molecule has 0 aliphatic carbocycles. The predicted octanol–water partition coefficient (Wildman–Crippen LogP) is 0.0325. The first-order valence-electron chi connectivity index (χ1n) is 7.17. The van der Waals surface area contributed by atoms with E-state index in [4.69, 9.17) is 0 Å². The Labute approximate surface area is 134 Å². The summed E-state index contributed by atoms with van der Waals surface area (Å²) in [5.74, 6) is 0.314. The lowest BCUT2D eigenvalue weighted by molar-refractivity contribution is -0.121. The summed E-state index contributed by atoms with van der Waals surface area (Å²) >= 11 is 0. The fourth-order valence-corrected chi connectivity index (χ4v) is 1.94. The van der Waals surface area contributed by atoms with Crippen LogP contribution >= 0.6 is 0 Å². The first-order chi connectivity index (χ1) is 10.8. The highest BCUT2D eigenvalue weighted by atomic mass is 16.2. The lowest BCUT2D eigenvalue weighted by atomic mass is 10.3. The van der Waals surface area contributed by atoms with Gasteiger partial charge in [-0.25, -0.2) is 15.0 Å². The van der Waals surface area contributed by atoms with Crippen molar-refractivity contribution in [2.45, 2.75) is 26.9 Å². The number of aryl methyl sites for hydroxylation is 2. The Hall–Kier alpha value is -2.77. The molecule has 0 radical (unpaired) electrons. The van der Waals surface area contributed by atoms with E-state index in [2.05, 4.69) is 20.3 Å². The Bertz CT molecular complexity index is 769. The second-order valence-electron chi connectivity index (χ2n) is 5.47. The molecule has 0 bridgehead atoms. The molecule has 1 amide bonds. The number of nitrogens with zero attached hydrogens (tertiary/aromatic N) is 5. The van der Waals surface area contributed by atoms with Crippen molar-refractivity contribution in [2.75, 3.05) is 19.0 Å². The van der Waals surface area contributed by atoms with Crippen molar-refractivity contribution in [3.8, 4) is 0 Å². The van der Waals surface area contributed by atoms with Crippen LogP contribution < -0.4 is 15.8 Å². The fourth-order valence-electron chi connectivity index (χ4n) is 1.94. The van der Waals surface area contributed by atoms with Crippen LogP contribution in [0.15, 0.2) is 23.3 Å². The van der Waals surface area contributed by atoms with Crippen molar-refractivity contribution >= 4 is 11.9 Å². The average molecular weight is 316 g/mol. The van der Waals surface area contributed by atoms with Crippen LogP contribution in [0.5, 0.6) is 0 Å². The lowest BCUT2D eigenvalue weighted by Gasteiger charge is -2.13. The molecule has 0 spiro atoms. The Balaban J connectivity index is 2.00. The van der Waals surface area contributed by atoms with Crippen LogP contribution in [0.3, 0.4) is 0 Å². The Morgan fingerprint density at radius 2 is 1.96 bits per heavy atom. The zero-order valence-electron chi connectivity index (χ0n) is 13.7. The van der Waals surface area contributed by atoms with Gasteiger partial charge in [0.15, 0.2) is 0 Å². The number of anilines is 1. The van der Waals surface area contributed by atoms with Crippen molar-refractivity contribution in [1.82, 2.24) is 24.8 Å². The molecule has 0 aliphatic rings. The molecule has 1 N–H and O–H groups in total. The van der Waals surface area contributed by atoms with Gasteiger partial charge in [-0.05, 0) is 19.9 Å². The first kappa shape index (κ1) is 16.6. The standard InChI is InChI=1S/C15H20N6O2/c1-10-6-14(23)21(9-17-10)8-13(22)16-7-12-5-11(2)18-15(19-12)20(3)4/h5-6,9H,7-8H2,1-4H3,(H,16,22). The average Bonchev–Trinajstić information content (AvgIpc) is 2.47. The molecule has 23 heavy (non-hydrogen) atoms. The molecule has 0 atom stereocenters. The molecule has 0 saturated carbocycles. The van der Waals surface area contributed by atoms with E-state index in [1.807, 2.05) is 27.1 Å². The maximum Gasteiger partial charge on any atom is 0.253 e. The molecule has 0 saturated heterocycles. The second kappa shape index (κ2) is 6.99. The van der Waals surface area contributed by atoms with Gasteiger partial charge in [-0.1, -0.05) is 0 Å². The van der Waals surface area contributed by atoms with Gasteiger partial charge in [0.1, 0.15) is 6.54 Å².